The normalized spacial score (nSPS) is 13.8. The summed E-state index contributed by atoms with van der Waals surface area (Å²) in [6, 6.07) is 9.09. The SMILES string of the molecule is CS(=O)CCOc1cc(S(C)=O)ccc1-c1nc2ncccc2[nH]1. The van der Waals surface area contributed by atoms with E-state index < -0.39 is 21.6 Å². The average molecular weight is 363 g/mol. The minimum absolute atomic E-state index is 0.314. The number of rotatable bonds is 6. The summed E-state index contributed by atoms with van der Waals surface area (Å²) in [7, 11) is -2.05. The van der Waals surface area contributed by atoms with Gasteiger partial charge in [-0.3, -0.25) is 8.42 Å². The minimum Gasteiger partial charge on any atom is -0.492 e. The van der Waals surface area contributed by atoms with Gasteiger partial charge in [0, 0.05) is 45.2 Å². The lowest BCUT2D eigenvalue weighted by Gasteiger charge is -2.11. The highest BCUT2D eigenvalue weighted by atomic mass is 32.2. The standard InChI is InChI=1S/C16H17N3O3S2/c1-23(20)9-8-22-14-10-11(24(2)21)5-6-12(14)15-18-13-4-3-7-17-16(13)19-15/h3-7,10H,8-9H2,1-2H3,(H,17,18,19). The second-order valence-electron chi connectivity index (χ2n) is 5.20. The van der Waals surface area contributed by atoms with Crippen LogP contribution < -0.4 is 4.74 Å². The van der Waals surface area contributed by atoms with Gasteiger partial charge >= 0.3 is 0 Å². The van der Waals surface area contributed by atoms with Crippen molar-refractivity contribution in [2.45, 2.75) is 4.90 Å². The van der Waals surface area contributed by atoms with Crippen LogP contribution in [0.5, 0.6) is 5.75 Å². The molecular formula is C16H17N3O3S2. The Balaban J connectivity index is 2.01. The zero-order valence-electron chi connectivity index (χ0n) is 13.3. The van der Waals surface area contributed by atoms with Crippen LogP contribution in [0.2, 0.25) is 0 Å². The molecule has 0 spiro atoms. The van der Waals surface area contributed by atoms with Crippen LogP contribution >= 0.6 is 0 Å². The van der Waals surface area contributed by atoms with Gasteiger partial charge in [-0.2, -0.15) is 0 Å². The third-order valence-corrected chi connectivity index (χ3v) is 5.09. The van der Waals surface area contributed by atoms with Crippen molar-refractivity contribution >= 4 is 32.8 Å². The predicted molar refractivity (Wildman–Crippen MR) is 96.1 cm³/mol. The van der Waals surface area contributed by atoms with Gasteiger partial charge in [-0.05, 0) is 30.3 Å². The molecule has 0 aliphatic carbocycles. The molecule has 0 saturated heterocycles. The summed E-state index contributed by atoms with van der Waals surface area (Å²) >= 11 is 0. The fourth-order valence-electron chi connectivity index (χ4n) is 2.24. The highest BCUT2D eigenvalue weighted by molar-refractivity contribution is 7.84. The van der Waals surface area contributed by atoms with Crippen molar-refractivity contribution in [3.8, 4) is 17.1 Å². The zero-order valence-corrected chi connectivity index (χ0v) is 14.9. The Bertz CT molecular complexity index is 891. The maximum absolute atomic E-state index is 11.7. The lowest BCUT2D eigenvalue weighted by atomic mass is 10.2. The number of pyridine rings is 1. The van der Waals surface area contributed by atoms with E-state index in [9.17, 15) is 8.42 Å². The Morgan fingerprint density at radius 2 is 2.04 bits per heavy atom. The van der Waals surface area contributed by atoms with Crippen molar-refractivity contribution in [1.82, 2.24) is 15.0 Å². The number of aromatic nitrogens is 3. The predicted octanol–water partition coefficient (Wildman–Crippen LogP) is 2.12. The van der Waals surface area contributed by atoms with E-state index in [4.69, 9.17) is 4.74 Å². The fourth-order valence-corrected chi connectivity index (χ4v) is 3.09. The van der Waals surface area contributed by atoms with Gasteiger partial charge in [0.05, 0.1) is 23.4 Å². The maximum atomic E-state index is 11.7. The molecular weight excluding hydrogens is 346 g/mol. The molecule has 3 aromatic rings. The smallest absolute Gasteiger partial charge is 0.178 e. The number of nitrogens with zero attached hydrogens (tertiary/aromatic N) is 2. The molecule has 3 rings (SSSR count). The van der Waals surface area contributed by atoms with Crippen LogP contribution in [0.15, 0.2) is 41.4 Å². The fraction of sp³-hybridized carbons (Fsp3) is 0.250. The van der Waals surface area contributed by atoms with E-state index in [0.29, 0.717) is 34.5 Å². The van der Waals surface area contributed by atoms with Gasteiger partial charge < -0.3 is 9.72 Å². The molecule has 0 aliphatic heterocycles. The number of benzene rings is 1. The Morgan fingerprint density at radius 3 is 2.75 bits per heavy atom. The third-order valence-electron chi connectivity index (χ3n) is 3.43. The molecule has 1 N–H and O–H groups in total. The van der Waals surface area contributed by atoms with E-state index in [1.165, 1.54) is 0 Å². The lowest BCUT2D eigenvalue weighted by Crippen LogP contribution is -2.08. The average Bonchev–Trinajstić information content (AvgIpc) is 2.98. The molecule has 0 amide bonds. The van der Waals surface area contributed by atoms with Crippen LogP contribution in [0, 0.1) is 0 Å². The highest BCUT2D eigenvalue weighted by Gasteiger charge is 2.14. The molecule has 2 aromatic heterocycles. The molecule has 0 radical (unpaired) electrons. The summed E-state index contributed by atoms with van der Waals surface area (Å²) in [5, 5.41) is 0. The van der Waals surface area contributed by atoms with Crippen LogP contribution in [-0.4, -0.2) is 48.2 Å². The Hall–Kier alpha value is -2.06. The molecule has 0 bridgehead atoms. The van der Waals surface area contributed by atoms with Crippen molar-refractivity contribution in [2.24, 2.45) is 0 Å². The monoisotopic (exact) mass is 363 g/mol. The van der Waals surface area contributed by atoms with Crippen molar-refractivity contribution < 1.29 is 13.2 Å². The van der Waals surface area contributed by atoms with Gasteiger partial charge in [-0.1, -0.05) is 0 Å². The van der Waals surface area contributed by atoms with E-state index >= 15 is 0 Å². The van der Waals surface area contributed by atoms with Crippen LogP contribution in [0.4, 0.5) is 0 Å². The summed E-state index contributed by atoms with van der Waals surface area (Å²) in [5.41, 5.74) is 2.21. The number of imidazole rings is 1. The van der Waals surface area contributed by atoms with E-state index in [-0.39, 0.29) is 0 Å². The van der Waals surface area contributed by atoms with Crippen LogP contribution in [-0.2, 0) is 21.6 Å². The first kappa shape index (κ1) is 16.8. The second kappa shape index (κ2) is 7.23. The maximum Gasteiger partial charge on any atom is 0.178 e. The van der Waals surface area contributed by atoms with Crippen LogP contribution in [0.3, 0.4) is 0 Å². The molecule has 8 heteroatoms. The summed E-state index contributed by atoms with van der Waals surface area (Å²) < 4.78 is 28.8. The number of hydrogen-bond acceptors (Lipinski definition) is 5. The van der Waals surface area contributed by atoms with Gasteiger partial charge in [-0.15, -0.1) is 0 Å². The molecule has 2 unspecified atom stereocenters. The van der Waals surface area contributed by atoms with E-state index in [1.54, 1.807) is 30.8 Å². The number of nitrogens with one attached hydrogen (secondary N) is 1. The first-order valence-corrected chi connectivity index (χ1v) is 10.5. The second-order valence-corrected chi connectivity index (χ2v) is 8.13. The zero-order chi connectivity index (χ0) is 17.1. The Kier molecular flexibility index (Phi) is 5.06. The minimum atomic E-state index is -1.12. The van der Waals surface area contributed by atoms with E-state index in [0.717, 1.165) is 11.1 Å². The highest BCUT2D eigenvalue weighted by Crippen LogP contribution is 2.31. The van der Waals surface area contributed by atoms with Gasteiger partial charge in [-0.25, -0.2) is 9.97 Å². The Morgan fingerprint density at radius 1 is 1.21 bits per heavy atom. The summed E-state index contributed by atoms with van der Waals surface area (Å²) in [6.07, 6.45) is 4.93. The first-order chi connectivity index (χ1) is 11.5. The van der Waals surface area contributed by atoms with Crippen LogP contribution in [0.25, 0.3) is 22.6 Å². The number of hydrogen-bond donors (Lipinski definition) is 1. The first-order valence-electron chi connectivity index (χ1n) is 7.26. The lowest BCUT2D eigenvalue weighted by molar-refractivity contribution is 0.343. The summed E-state index contributed by atoms with van der Waals surface area (Å²) in [6.45, 7) is 0.314. The molecule has 2 heterocycles. The molecule has 0 aliphatic rings. The number of ether oxygens (including phenoxy) is 1. The topological polar surface area (TPSA) is 84.9 Å². The van der Waals surface area contributed by atoms with Gasteiger partial charge in [0.2, 0.25) is 0 Å². The van der Waals surface area contributed by atoms with Crippen molar-refractivity contribution in [1.29, 1.82) is 0 Å². The Labute approximate surface area is 144 Å². The molecule has 0 fully saturated rings. The number of H-pyrrole nitrogens is 1. The summed E-state index contributed by atoms with van der Waals surface area (Å²) in [5.74, 6) is 1.62. The van der Waals surface area contributed by atoms with Gasteiger partial charge in [0.1, 0.15) is 11.6 Å². The molecule has 126 valence electrons. The molecule has 1 aromatic carbocycles. The van der Waals surface area contributed by atoms with E-state index in [2.05, 4.69) is 15.0 Å². The quantitative estimate of drug-likeness (QED) is 0.725. The van der Waals surface area contributed by atoms with Gasteiger partial charge in [0.15, 0.2) is 5.65 Å². The number of fused-ring (bicyclic) bond motifs is 1. The molecule has 24 heavy (non-hydrogen) atoms. The molecule has 2 atom stereocenters. The third kappa shape index (κ3) is 3.70. The van der Waals surface area contributed by atoms with Crippen LogP contribution in [0.1, 0.15) is 0 Å². The summed E-state index contributed by atoms with van der Waals surface area (Å²) in [4.78, 5) is 12.6. The molecule has 6 nitrogen and oxygen atoms in total. The van der Waals surface area contributed by atoms with Crippen molar-refractivity contribution in [2.75, 3.05) is 24.9 Å². The van der Waals surface area contributed by atoms with Gasteiger partial charge in [0.25, 0.3) is 0 Å². The number of aromatic amines is 1. The molecule has 0 saturated carbocycles. The van der Waals surface area contributed by atoms with E-state index in [1.807, 2.05) is 18.2 Å². The van der Waals surface area contributed by atoms with Crippen molar-refractivity contribution in [3.63, 3.8) is 0 Å². The largest absolute Gasteiger partial charge is 0.492 e. The van der Waals surface area contributed by atoms with Crippen molar-refractivity contribution in [3.05, 3.63) is 36.5 Å².